The van der Waals surface area contributed by atoms with E-state index in [1.807, 2.05) is 6.92 Å². The molecule has 0 aromatic rings. The van der Waals surface area contributed by atoms with E-state index in [1.54, 1.807) is 0 Å². The van der Waals surface area contributed by atoms with E-state index in [4.69, 9.17) is 10.4 Å². The second-order valence-corrected chi connectivity index (χ2v) is 3.81. The molecule has 1 unspecified atom stereocenters. The molecule has 0 aromatic heterocycles. The van der Waals surface area contributed by atoms with Gasteiger partial charge in [-0.3, -0.25) is 4.79 Å². The van der Waals surface area contributed by atoms with Crippen LogP contribution in [0.15, 0.2) is 0 Å². The largest absolute Gasteiger partial charge is 0.394 e. The maximum absolute atomic E-state index is 11.7. The predicted octanol–water partition coefficient (Wildman–Crippen LogP) is 0.567. The average molecular weight is 196 g/mol. The molecule has 0 aromatic carbocycles. The Morgan fingerprint density at radius 2 is 2.36 bits per heavy atom. The van der Waals surface area contributed by atoms with Gasteiger partial charge in [-0.1, -0.05) is 6.92 Å². The third kappa shape index (κ3) is 1.88. The third-order valence-corrected chi connectivity index (χ3v) is 2.90. The summed E-state index contributed by atoms with van der Waals surface area (Å²) < 4.78 is 0. The van der Waals surface area contributed by atoms with E-state index < -0.39 is 5.41 Å². The molecule has 1 aliphatic rings. The zero-order valence-electron chi connectivity index (χ0n) is 8.42. The van der Waals surface area contributed by atoms with Crippen molar-refractivity contribution in [2.45, 2.75) is 38.6 Å². The minimum Gasteiger partial charge on any atom is -0.394 e. The van der Waals surface area contributed by atoms with E-state index in [1.165, 1.54) is 0 Å². The highest BCUT2D eigenvalue weighted by Crippen LogP contribution is 2.40. The van der Waals surface area contributed by atoms with Gasteiger partial charge in [0.15, 0.2) is 0 Å². The van der Waals surface area contributed by atoms with E-state index in [-0.39, 0.29) is 18.6 Å². The lowest BCUT2D eigenvalue weighted by Gasteiger charge is -2.34. The summed E-state index contributed by atoms with van der Waals surface area (Å²) in [7, 11) is 0. The molecule has 0 heterocycles. The second-order valence-electron chi connectivity index (χ2n) is 3.81. The SMILES string of the molecule is CCC(CO)NC(=O)C1(C#N)CCC1. The van der Waals surface area contributed by atoms with Gasteiger partial charge in [-0.25, -0.2) is 0 Å². The van der Waals surface area contributed by atoms with Crippen LogP contribution in [0, 0.1) is 16.7 Å². The van der Waals surface area contributed by atoms with Gasteiger partial charge in [0.05, 0.1) is 18.7 Å². The van der Waals surface area contributed by atoms with E-state index in [2.05, 4.69) is 11.4 Å². The van der Waals surface area contributed by atoms with Crippen molar-refractivity contribution in [1.29, 1.82) is 5.26 Å². The zero-order valence-corrected chi connectivity index (χ0v) is 8.42. The first-order valence-corrected chi connectivity index (χ1v) is 5.01. The Hall–Kier alpha value is -1.08. The van der Waals surface area contributed by atoms with Crippen LogP contribution in [-0.2, 0) is 4.79 Å². The van der Waals surface area contributed by atoms with Crippen molar-refractivity contribution in [3.63, 3.8) is 0 Å². The molecule has 1 saturated carbocycles. The first kappa shape index (κ1) is 11.0. The molecule has 2 N–H and O–H groups in total. The zero-order chi connectivity index (χ0) is 10.6. The van der Waals surface area contributed by atoms with Crippen molar-refractivity contribution in [2.24, 2.45) is 5.41 Å². The summed E-state index contributed by atoms with van der Waals surface area (Å²) in [6, 6.07) is 1.86. The van der Waals surface area contributed by atoms with Crippen LogP contribution in [0.5, 0.6) is 0 Å². The van der Waals surface area contributed by atoms with Gasteiger partial charge in [0.1, 0.15) is 5.41 Å². The first-order valence-electron chi connectivity index (χ1n) is 5.01. The van der Waals surface area contributed by atoms with Gasteiger partial charge in [0.25, 0.3) is 0 Å². The normalized spacial score (nSPS) is 20.4. The lowest BCUT2D eigenvalue weighted by atomic mass is 9.69. The Morgan fingerprint density at radius 1 is 1.71 bits per heavy atom. The topological polar surface area (TPSA) is 73.1 Å². The number of aliphatic hydroxyl groups excluding tert-OH is 1. The Kier molecular flexibility index (Phi) is 3.48. The molecular weight excluding hydrogens is 180 g/mol. The van der Waals surface area contributed by atoms with Crippen LogP contribution in [0.25, 0.3) is 0 Å². The van der Waals surface area contributed by atoms with E-state index in [9.17, 15) is 4.79 Å². The highest BCUT2D eigenvalue weighted by molar-refractivity contribution is 5.86. The van der Waals surface area contributed by atoms with E-state index in [0.29, 0.717) is 19.3 Å². The Bertz CT molecular complexity index is 249. The minimum atomic E-state index is -0.803. The van der Waals surface area contributed by atoms with Gasteiger partial charge < -0.3 is 10.4 Å². The molecule has 1 aliphatic carbocycles. The predicted molar refractivity (Wildman–Crippen MR) is 51.2 cm³/mol. The molecule has 1 atom stereocenters. The van der Waals surface area contributed by atoms with Crippen LogP contribution < -0.4 is 5.32 Å². The molecule has 78 valence electrons. The lowest BCUT2D eigenvalue weighted by molar-refractivity contribution is -0.132. The first-order chi connectivity index (χ1) is 6.68. The molecule has 0 saturated heterocycles. The summed E-state index contributed by atoms with van der Waals surface area (Å²) in [5.41, 5.74) is -0.803. The highest BCUT2D eigenvalue weighted by Gasteiger charge is 2.44. The third-order valence-electron chi connectivity index (χ3n) is 2.90. The number of amides is 1. The van der Waals surface area contributed by atoms with Crippen LogP contribution in [-0.4, -0.2) is 23.7 Å². The molecule has 1 rings (SSSR count). The molecule has 0 spiro atoms. The van der Waals surface area contributed by atoms with Crippen molar-refractivity contribution >= 4 is 5.91 Å². The van der Waals surface area contributed by atoms with Gasteiger partial charge in [0, 0.05) is 0 Å². The van der Waals surface area contributed by atoms with Gasteiger partial charge in [-0.2, -0.15) is 5.26 Å². The highest BCUT2D eigenvalue weighted by atomic mass is 16.3. The van der Waals surface area contributed by atoms with Crippen LogP contribution in [0.2, 0.25) is 0 Å². The van der Waals surface area contributed by atoms with Gasteiger partial charge in [0.2, 0.25) is 5.91 Å². The number of nitrogens with zero attached hydrogens (tertiary/aromatic N) is 1. The summed E-state index contributed by atoms with van der Waals surface area (Å²) >= 11 is 0. The molecule has 14 heavy (non-hydrogen) atoms. The average Bonchev–Trinajstić information content (AvgIpc) is 2.13. The summed E-state index contributed by atoms with van der Waals surface area (Å²) in [6.45, 7) is 1.82. The summed E-state index contributed by atoms with van der Waals surface area (Å²) in [5.74, 6) is -0.216. The quantitative estimate of drug-likeness (QED) is 0.690. The van der Waals surface area contributed by atoms with Gasteiger partial charge >= 0.3 is 0 Å². The van der Waals surface area contributed by atoms with Crippen LogP contribution in [0.4, 0.5) is 0 Å². The molecule has 0 radical (unpaired) electrons. The fourth-order valence-corrected chi connectivity index (χ4v) is 1.52. The number of carbonyl (C=O) groups is 1. The molecule has 0 bridgehead atoms. The monoisotopic (exact) mass is 196 g/mol. The Balaban J connectivity index is 2.53. The molecule has 0 aliphatic heterocycles. The van der Waals surface area contributed by atoms with Crippen LogP contribution in [0.3, 0.4) is 0 Å². The molecule has 4 nitrogen and oxygen atoms in total. The van der Waals surface area contributed by atoms with Gasteiger partial charge in [-0.05, 0) is 25.7 Å². The Morgan fingerprint density at radius 3 is 2.64 bits per heavy atom. The number of carbonyl (C=O) groups excluding carboxylic acids is 1. The number of hydrogen-bond donors (Lipinski definition) is 2. The maximum Gasteiger partial charge on any atom is 0.240 e. The summed E-state index contributed by atoms with van der Waals surface area (Å²) in [4.78, 5) is 11.7. The lowest BCUT2D eigenvalue weighted by Crippen LogP contribution is -2.49. The van der Waals surface area contributed by atoms with Crippen LogP contribution in [0.1, 0.15) is 32.6 Å². The van der Waals surface area contributed by atoms with Crippen molar-refractivity contribution in [1.82, 2.24) is 5.32 Å². The fourth-order valence-electron chi connectivity index (χ4n) is 1.52. The number of rotatable bonds is 4. The number of nitriles is 1. The molecule has 1 amide bonds. The Labute approximate surface area is 83.9 Å². The number of nitrogens with one attached hydrogen (secondary N) is 1. The number of aliphatic hydroxyl groups is 1. The maximum atomic E-state index is 11.7. The smallest absolute Gasteiger partial charge is 0.240 e. The van der Waals surface area contributed by atoms with Crippen LogP contribution >= 0.6 is 0 Å². The fraction of sp³-hybridized carbons (Fsp3) is 0.800. The standard InChI is InChI=1S/C10H16N2O2/c1-2-8(6-13)12-9(14)10(7-11)4-3-5-10/h8,13H,2-6H2,1H3,(H,12,14). The number of hydrogen-bond acceptors (Lipinski definition) is 3. The van der Waals surface area contributed by atoms with Crippen molar-refractivity contribution in [2.75, 3.05) is 6.61 Å². The summed E-state index contributed by atoms with van der Waals surface area (Å²) in [6.07, 6.45) is 2.93. The summed E-state index contributed by atoms with van der Waals surface area (Å²) in [5, 5.41) is 20.5. The molecular formula is C10H16N2O2. The van der Waals surface area contributed by atoms with Crippen molar-refractivity contribution < 1.29 is 9.90 Å². The molecule has 4 heteroatoms. The van der Waals surface area contributed by atoms with E-state index in [0.717, 1.165) is 6.42 Å². The van der Waals surface area contributed by atoms with Crippen molar-refractivity contribution in [3.8, 4) is 6.07 Å². The van der Waals surface area contributed by atoms with Crippen molar-refractivity contribution in [3.05, 3.63) is 0 Å². The van der Waals surface area contributed by atoms with E-state index >= 15 is 0 Å². The molecule has 1 fully saturated rings. The second kappa shape index (κ2) is 4.43. The van der Waals surface area contributed by atoms with Gasteiger partial charge in [-0.15, -0.1) is 0 Å². The minimum absolute atomic E-state index is 0.0657.